The van der Waals surface area contributed by atoms with E-state index in [0.29, 0.717) is 30.9 Å². The Morgan fingerprint density at radius 3 is 1.10 bits per heavy atom. The first-order valence-corrected chi connectivity index (χ1v) is 51.9. The number of amides is 4. The van der Waals surface area contributed by atoms with Crippen LogP contribution in [0.2, 0.25) is 0 Å². The van der Waals surface area contributed by atoms with Crippen molar-refractivity contribution in [1.29, 1.82) is 0 Å². The van der Waals surface area contributed by atoms with Crippen molar-refractivity contribution in [1.82, 2.24) is 50.0 Å². The number of carbonyl (C=O) groups is 4. The van der Waals surface area contributed by atoms with Crippen LogP contribution < -0.4 is 32.5 Å². The van der Waals surface area contributed by atoms with Crippen molar-refractivity contribution in [3.63, 3.8) is 0 Å². The Hall–Kier alpha value is -5.82. The predicted octanol–water partition coefficient (Wildman–Crippen LogP) is 1.37. The largest absolute Gasteiger partial charge is 0.391 e. The number of aromatic nitrogens is 2. The molecule has 1 aromatic heterocycles. The summed E-state index contributed by atoms with van der Waals surface area (Å²) in [4.78, 5) is 76.1. The molecule has 20 atom stereocenters. The third-order valence-electron chi connectivity index (χ3n) is 19.7. The molecule has 5 unspecified atom stereocenters. The average Bonchev–Trinajstić information content (AvgIpc) is 1.72. The van der Waals surface area contributed by atoms with Crippen LogP contribution in [0.5, 0.6) is 0 Å². The van der Waals surface area contributed by atoms with Crippen molar-refractivity contribution in [3.8, 4) is 11.8 Å². The van der Waals surface area contributed by atoms with E-state index >= 15 is 0 Å². The standard InChI is InChI=1S/C17H25N2O4P.C15H25N2O5P.2C15H25N2O3P.C14H23N2O5P/c1-6-7-12-10-19(11(2)18-16(12)22)17-15(21)14(20)13(23-17)8-9-24(3,4)5;1-9-16-14(21)10(8-18)7-17(9)15-13(20)12(19)11(22-15)5-6-23(2,3)4;2*1-10-14(19)12(7-9-21(3,4)5)20-15(10)17-8-6-13(18)16-11(17)2;1-15-10(17)5-7-16(14(15)20)13-12(19)11(18)9(21-13)6-8-22(2,3)4/h10,13-15,17,20-21H,2-3,8-9H2,1,4-5H3,(H,18,22);7,11-13,15,18-20H,1-2,5-6,8H2,3-4H3,(H,16,21);2*6,8,10,12,14-15,19H,2-3,7,9H2,1,4-5H3,(H,16,18);5,7,9,11-13,18-19H,2,6,8H2,1,3-4H3/t13-,14-,15-,17?;11-,12-,13-,15?;2*10-,12-,14+,15?;9-,11-,12-,13?/m11111/s1. The van der Waals surface area contributed by atoms with Crippen molar-refractivity contribution >= 4 is 89.6 Å². The van der Waals surface area contributed by atoms with Gasteiger partial charge in [-0.1, -0.05) is 46.1 Å². The maximum absolute atomic E-state index is 12.1. The Bertz CT molecular complexity index is 4080. The number of aliphatic hydroxyl groups is 9. The molecular weight excluding hydrogens is 1530 g/mol. The minimum absolute atomic E-state index is 0.0577. The van der Waals surface area contributed by atoms with Gasteiger partial charge in [-0.15, -0.1) is 71.8 Å². The minimum atomic E-state index is -1.27. The summed E-state index contributed by atoms with van der Waals surface area (Å²) in [6.45, 7) is 35.6. The molecule has 1 aromatic rings. The summed E-state index contributed by atoms with van der Waals surface area (Å²) >= 11 is 0. The second-order valence-electron chi connectivity index (χ2n) is 32.8. The van der Waals surface area contributed by atoms with Crippen molar-refractivity contribution < 1.29 is 88.8 Å². The number of ether oxygens (including phenoxy) is 5. The van der Waals surface area contributed by atoms with E-state index in [9.17, 15) is 74.7 Å². The van der Waals surface area contributed by atoms with Crippen LogP contribution in [0.1, 0.15) is 59.1 Å². The van der Waals surface area contributed by atoms with Crippen molar-refractivity contribution in [2.24, 2.45) is 18.9 Å². The average molecular weight is 1650 g/mol. The highest BCUT2D eigenvalue weighted by Crippen LogP contribution is 2.45. The zero-order valence-electron chi connectivity index (χ0n) is 66.7. The first kappa shape index (κ1) is 94.0. The maximum Gasteiger partial charge on any atom is 0.332 e. The molecule has 10 rings (SSSR count). The normalized spacial score (nSPS) is 31.6. The fourth-order valence-electron chi connectivity index (χ4n) is 13.0. The lowest BCUT2D eigenvalue weighted by molar-refractivity contribution is -0.120. The van der Waals surface area contributed by atoms with Gasteiger partial charge in [0.05, 0.1) is 54.9 Å². The molecule has 13 N–H and O–H groups in total. The Morgan fingerprint density at radius 1 is 0.441 bits per heavy atom. The molecule has 5 saturated heterocycles. The monoisotopic (exact) mass is 1650 g/mol. The molecule has 0 aromatic carbocycles. The van der Waals surface area contributed by atoms with Gasteiger partial charge in [0.1, 0.15) is 77.9 Å². The van der Waals surface area contributed by atoms with Gasteiger partial charge in [0.25, 0.3) is 29.2 Å². The van der Waals surface area contributed by atoms with Gasteiger partial charge in [0.15, 0.2) is 18.7 Å². The Labute approximate surface area is 654 Å². The lowest BCUT2D eigenvalue weighted by atomic mass is 10.00. The molecule has 9 aliphatic rings. The number of nitrogens with zero attached hydrogens (tertiary/aromatic N) is 6. The first-order chi connectivity index (χ1) is 51.3. The smallest absolute Gasteiger partial charge is 0.332 e. The van der Waals surface area contributed by atoms with E-state index in [4.69, 9.17) is 23.7 Å². The summed E-state index contributed by atoms with van der Waals surface area (Å²) in [6, 6.07) is 1.22. The highest BCUT2D eigenvalue weighted by molar-refractivity contribution is 7.73. The lowest BCUT2D eigenvalue weighted by Crippen LogP contribution is -2.48. The summed E-state index contributed by atoms with van der Waals surface area (Å²) < 4.78 is 31.5. The molecule has 622 valence electrons. The van der Waals surface area contributed by atoms with Gasteiger partial charge < -0.3 is 111 Å². The van der Waals surface area contributed by atoms with Crippen LogP contribution in [0.15, 0.2) is 120 Å². The second-order valence-corrected chi connectivity index (χ2v) is 54.4. The third-order valence-corrected chi connectivity index (χ3v) is 27.0. The lowest BCUT2D eigenvalue weighted by Gasteiger charge is -2.34. The van der Waals surface area contributed by atoms with Crippen LogP contribution in [0, 0.1) is 23.7 Å². The summed E-state index contributed by atoms with van der Waals surface area (Å²) in [5.74, 6) is 5.56. The Balaban J connectivity index is 0.000000217. The maximum atomic E-state index is 12.1. The highest BCUT2D eigenvalue weighted by Gasteiger charge is 2.50. The number of rotatable bonds is 21. The molecule has 0 radical (unpaired) electrons. The molecule has 30 nitrogen and oxygen atoms in total. The van der Waals surface area contributed by atoms with Crippen LogP contribution >= 0.6 is 34.4 Å². The van der Waals surface area contributed by atoms with Crippen LogP contribution in [0.25, 0.3) is 0 Å². The molecule has 0 aliphatic carbocycles. The molecule has 0 saturated carbocycles. The third kappa shape index (κ3) is 26.1. The Kier molecular flexibility index (Phi) is 33.2. The van der Waals surface area contributed by atoms with Crippen LogP contribution in [-0.2, 0) is 49.9 Å². The van der Waals surface area contributed by atoms with Gasteiger partial charge >= 0.3 is 5.69 Å². The van der Waals surface area contributed by atoms with Crippen molar-refractivity contribution in [2.75, 3.05) is 104 Å². The highest BCUT2D eigenvalue weighted by atomic mass is 31.2. The van der Waals surface area contributed by atoms with Gasteiger partial charge in [0.2, 0.25) is 0 Å². The molecule has 10 heterocycles. The summed E-state index contributed by atoms with van der Waals surface area (Å²) in [6.07, 6.45) is 26.2. The number of aliphatic hydroxyl groups excluding tert-OH is 9. The van der Waals surface area contributed by atoms with E-state index in [2.05, 4.69) is 158 Å². The van der Waals surface area contributed by atoms with Crippen LogP contribution in [-0.4, -0.2) is 338 Å². The Morgan fingerprint density at radius 2 is 0.757 bits per heavy atom. The summed E-state index contributed by atoms with van der Waals surface area (Å²) in [7, 11) is 1.35. The molecule has 4 amide bonds. The second kappa shape index (κ2) is 39.2. The first-order valence-electron chi connectivity index (χ1n) is 36.6. The van der Waals surface area contributed by atoms with Crippen LogP contribution in [0.3, 0.4) is 0 Å². The fourth-order valence-corrected chi connectivity index (χ4v) is 17.8. The number of hydrogen-bond donors (Lipinski definition) is 13. The quantitative estimate of drug-likeness (QED) is 0.0610. The van der Waals surface area contributed by atoms with E-state index in [1.54, 1.807) is 29.1 Å². The molecule has 35 heteroatoms. The zero-order chi connectivity index (χ0) is 83.7. The molecular formula is C76H123N10O20P5. The van der Waals surface area contributed by atoms with Crippen molar-refractivity contribution in [2.45, 2.75) is 163 Å². The number of nitrogens with one attached hydrogen (secondary N) is 4. The van der Waals surface area contributed by atoms with E-state index in [-0.39, 0.29) is 77.0 Å². The SMILES string of the molecule is C=C1NC(=O)C(C#CC)=CN1C1O[C@H](CCP(=C)(C)C)[C@@H](O)[C@H]1O.C=C1NC(=O)C(CO)=CN1C1O[C@H](CCP(=C)(C)C)[C@@H](O)[C@H]1O.C=C1NC(=O)C=CN1C1O[C@H](CCP(=C)(C)C)[C@@H](O)[C@H]1C.C=C1NC(=O)C=CN1C1O[C@H](CCP(=C)(C)C)[C@@H](O)[C@H]1C.C=P(C)(C)CC[C@H]1OC(n2ccc(=O)n(C)c2=O)[C@H](O)[C@@H]1O. The fraction of sp³-hybridized carbons (Fsp3) is 0.592. The number of hydrogen-bond acceptors (Lipinski definition) is 24. The topological polar surface area (TPSA) is 402 Å². The van der Waals surface area contributed by atoms with Gasteiger partial charge in [0, 0.05) is 68.1 Å². The van der Waals surface area contributed by atoms with Gasteiger partial charge in [-0.25, -0.2) is 4.79 Å². The van der Waals surface area contributed by atoms with Gasteiger partial charge in [-0.3, -0.25) is 33.1 Å². The molecule has 0 bridgehead atoms. The predicted molar refractivity (Wildman–Crippen MR) is 449 cm³/mol. The summed E-state index contributed by atoms with van der Waals surface area (Å²) in [5, 5.41) is 102. The molecule has 111 heavy (non-hydrogen) atoms. The summed E-state index contributed by atoms with van der Waals surface area (Å²) in [5.41, 5.74) is -0.636. The minimum Gasteiger partial charge on any atom is -0.391 e. The number of carbonyl (C=O) groups excluding carboxylic acids is 4. The molecule has 9 aliphatic heterocycles. The van der Waals surface area contributed by atoms with E-state index in [1.807, 2.05) is 13.8 Å². The zero-order valence-corrected chi connectivity index (χ0v) is 71.2. The van der Waals surface area contributed by atoms with E-state index in [1.165, 1.54) is 53.7 Å². The van der Waals surface area contributed by atoms with Gasteiger partial charge in [-0.2, -0.15) is 0 Å². The van der Waals surface area contributed by atoms with Crippen molar-refractivity contribution in [3.05, 3.63) is 131 Å². The van der Waals surface area contributed by atoms with Gasteiger partial charge in [-0.05, 0) is 136 Å². The molecule has 5 fully saturated rings. The molecule has 0 spiro atoms. The van der Waals surface area contributed by atoms with E-state index < -0.39 is 144 Å². The van der Waals surface area contributed by atoms with Crippen LogP contribution in [0.4, 0.5) is 0 Å². The van der Waals surface area contributed by atoms with E-state index in [0.717, 1.165) is 52.8 Å².